The van der Waals surface area contributed by atoms with Crippen molar-refractivity contribution in [1.82, 2.24) is 0 Å². The van der Waals surface area contributed by atoms with Gasteiger partial charge in [-0.3, -0.25) is 0 Å². The minimum atomic E-state index is -0.797. The first kappa shape index (κ1) is 12.9. The van der Waals surface area contributed by atoms with E-state index >= 15 is 0 Å². The average molecular weight is 228 g/mol. The van der Waals surface area contributed by atoms with Gasteiger partial charge in [-0.1, -0.05) is 0 Å². The molecule has 1 aromatic rings. The van der Waals surface area contributed by atoms with Gasteiger partial charge in [0.2, 0.25) is 0 Å². The molecule has 0 saturated carbocycles. The summed E-state index contributed by atoms with van der Waals surface area (Å²) in [6.45, 7) is 3.61. The zero-order chi connectivity index (χ0) is 12.3. The smallest absolute Gasteiger partial charge is 0.127 e. The van der Waals surface area contributed by atoms with Crippen LogP contribution in [0.2, 0.25) is 0 Å². The number of rotatable bonds is 4. The van der Waals surface area contributed by atoms with Crippen LogP contribution < -0.4 is 0 Å². The fourth-order valence-electron chi connectivity index (χ4n) is 1.60. The molecule has 0 amide bonds. The van der Waals surface area contributed by atoms with E-state index in [0.717, 1.165) is 6.07 Å². The van der Waals surface area contributed by atoms with Crippen LogP contribution >= 0.6 is 0 Å². The van der Waals surface area contributed by atoms with Crippen LogP contribution in [0.3, 0.4) is 0 Å². The number of methoxy groups -OCH3 is 2. The zero-order valence-electron chi connectivity index (χ0n) is 9.95. The van der Waals surface area contributed by atoms with E-state index in [9.17, 15) is 9.50 Å². The van der Waals surface area contributed by atoms with E-state index in [4.69, 9.17) is 9.47 Å². The fourth-order valence-corrected chi connectivity index (χ4v) is 1.60. The molecule has 0 aliphatic rings. The monoisotopic (exact) mass is 228 g/mol. The first-order chi connectivity index (χ1) is 7.43. The van der Waals surface area contributed by atoms with Gasteiger partial charge in [-0.25, -0.2) is 4.39 Å². The fraction of sp³-hybridized carbons (Fsp3) is 0.500. The number of benzene rings is 1. The van der Waals surface area contributed by atoms with E-state index in [1.165, 1.54) is 19.2 Å². The van der Waals surface area contributed by atoms with Crippen molar-refractivity contribution in [2.75, 3.05) is 14.2 Å². The first-order valence-corrected chi connectivity index (χ1v) is 5.02. The standard InChI is InChI=1S/C12H17FO3/c1-8(15-3)12(2,16-4)9-5-10(13)7-11(14)6-9/h5-8,14H,1-4H3. The molecule has 4 heteroatoms. The molecule has 1 N–H and O–H groups in total. The summed E-state index contributed by atoms with van der Waals surface area (Å²) in [4.78, 5) is 0. The number of aromatic hydroxyl groups is 1. The van der Waals surface area contributed by atoms with Crippen molar-refractivity contribution in [2.45, 2.75) is 25.6 Å². The van der Waals surface area contributed by atoms with Gasteiger partial charge in [0.25, 0.3) is 0 Å². The van der Waals surface area contributed by atoms with Gasteiger partial charge in [0.15, 0.2) is 0 Å². The minimum Gasteiger partial charge on any atom is -0.508 e. The Kier molecular flexibility index (Phi) is 3.88. The third kappa shape index (κ3) is 2.33. The van der Waals surface area contributed by atoms with Gasteiger partial charge in [0, 0.05) is 20.3 Å². The number of ether oxygens (including phenoxy) is 2. The van der Waals surface area contributed by atoms with E-state index < -0.39 is 11.4 Å². The van der Waals surface area contributed by atoms with Crippen molar-refractivity contribution in [3.05, 3.63) is 29.6 Å². The highest BCUT2D eigenvalue weighted by atomic mass is 19.1. The van der Waals surface area contributed by atoms with Crippen molar-refractivity contribution in [3.63, 3.8) is 0 Å². The molecule has 0 saturated heterocycles. The van der Waals surface area contributed by atoms with Crippen molar-refractivity contribution < 1.29 is 19.0 Å². The van der Waals surface area contributed by atoms with Gasteiger partial charge >= 0.3 is 0 Å². The second-order valence-corrected chi connectivity index (χ2v) is 3.89. The van der Waals surface area contributed by atoms with Gasteiger partial charge in [-0.05, 0) is 31.5 Å². The lowest BCUT2D eigenvalue weighted by Crippen LogP contribution is -2.37. The second-order valence-electron chi connectivity index (χ2n) is 3.89. The predicted octanol–water partition coefficient (Wildman–Crippen LogP) is 2.43. The summed E-state index contributed by atoms with van der Waals surface area (Å²) in [5.74, 6) is -0.622. The minimum absolute atomic E-state index is 0.124. The average Bonchev–Trinajstić information content (AvgIpc) is 2.25. The molecule has 0 fully saturated rings. The predicted molar refractivity (Wildman–Crippen MR) is 58.9 cm³/mol. The molecule has 0 aliphatic heterocycles. The highest BCUT2D eigenvalue weighted by Crippen LogP contribution is 2.32. The number of hydrogen-bond donors (Lipinski definition) is 1. The van der Waals surface area contributed by atoms with Crippen molar-refractivity contribution >= 4 is 0 Å². The van der Waals surface area contributed by atoms with Crippen LogP contribution in [-0.4, -0.2) is 25.4 Å². The van der Waals surface area contributed by atoms with Crippen LogP contribution in [0.4, 0.5) is 4.39 Å². The number of phenols is 1. The summed E-state index contributed by atoms with van der Waals surface area (Å²) >= 11 is 0. The van der Waals surface area contributed by atoms with Crippen LogP contribution in [0.25, 0.3) is 0 Å². The third-order valence-corrected chi connectivity index (χ3v) is 3.01. The Morgan fingerprint density at radius 2 is 1.94 bits per heavy atom. The Labute approximate surface area is 94.8 Å². The van der Waals surface area contributed by atoms with E-state index in [1.807, 2.05) is 6.92 Å². The molecule has 0 aromatic heterocycles. The van der Waals surface area contributed by atoms with E-state index in [2.05, 4.69) is 0 Å². The van der Waals surface area contributed by atoms with E-state index in [0.29, 0.717) is 5.56 Å². The Balaban J connectivity index is 3.21. The molecule has 90 valence electrons. The van der Waals surface area contributed by atoms with Crippen molar-refractivity contribution in [1.29, 1.82) is 0 Å². The lowest BCUT2D eigenvalue weighted by atomic mass is 9.90. The molecule has 0 bridgehead atoms. The Bertz CT molecular complexity index is 347. The van der Waals surface area contributed by atoms with Gasteiger partial charge in [-0.15, -0.1) is 0 Å². The molecular weight excluding hydrogens is 211 g/mol. The number of phenolic OH excluding ortho intramolecular Hbond substituents is 1. The van der Waals surface area contributed by atoms with E-state index in [-0.39, 0.29) is 11.9 Å². The molecule has 0 spiro atoms. The summed E-state index contributed by atoms with van der Waals surface area (Å²) in [6, 6.07) is 3.86. The lowest BCUT2D eigenvalue weighted by molar-refractivity contribution is -0.104. The Hall–Kier alpha value is -1.13. The molecule has 0 heterocycles. The topological polar surface area (TPSA) is 38.7 Å². The molecule has 1 aromatic carbocycles. The zero-order valence-corrected chi connectivity index (χ0v) is 9.95. The van der Waals surface area contributed by atoms with Crippen LogP contribution in [0.1, 0.15) is 19.4 Å². The lowest BCUT2D eigenvalue weighted by Gasteiger charge is -2.33. The molecule has 0 aliphatic carbocycles. The van der Waals surface area contributed by atoms with Crippen LogP contribution in [0.5, 0.6) is 5.75 Å². The summed E-state index contributed by atoms with van der Waals surface area (Å²) in [7, 11) is 3.08. The maximum atomic E-state index is 13.2. The molecule has 2 atom stereocenters. The first-order valence-electron chi connectivity index (χ1n) is 5.02. The third-order valence-electron chi connectivity index (χ3n) is 3.01. The van der Waals surface area contributed by atoms with Crippen LogP contribution in [0, 0.1) is 5.82 Å². The molecular formula is C12H17FO3. The Morgan fingerprint density at radius 3 is 2.38 bits per heavy atom. The highest BCUT2D eigenvalue weighted by Gasteiger charge is 2.34. The van der Waals surface area contributed by atoms with Crippen LogP contribution in [-0.2, 0) is 15.1 Å². The van der Waals surface area contributed by atoms with Gasteiger partial charge in [0.05, 0.1) is 6.10 Å². The maximum Gasteiger partial charge on any atom is 0.127 e. The van der Waals surface area contributed by atoms with Gasteiger partial charge in [-0.2, -0.15) is 0 Å². The normalized spacial score (nSPS) is 16.8. The quantitative estimate of drug-likeness (QED) is 0.860. The summed E-state index contributed by atoms with van der Waals surface area (Å²) in [5.41, 5.74) is -0.254. The molecule has 3 nitrogen and oxygen atoms in total. The second kappa shape index (κ2) is 4.80. The summed E-state index contributed by atoms with van der Waals surface area (Å²) in [6.07, 6.45) is -0.265. The summed E-state index contributed by atoms with van der Waals surface area (Å²) in [5, 5.41) is 9.37. The van der Waals surface area contributed by atoms with Crippen molar-refractivity contribution in [3.8, 4) is 5.75 Å². The number of halogens is 1. The largest absolute Gasteiger partial charge is 0.508 e. The Morgan fingerprint density at radius 1 is 1.31 bits per heavy atom. The number of hydrogen-bond acceptors (Lipinski definition) is 3. The molecule has 2 unspecified atom stereocenters. The molecule has 16 heavy (non-hydrogen) atoms. The maximum absolute atomic E-state index is 13.2. The van der Waals surface area contributed by atoms with Crippen molar-refractivity contribution in [2.24, 2.45) is 0 Å². The van der Waals surface area contributed by atoms with Gasteiger partial charge < -0.3 is 14.6 Å². The van der Waals surface area contributed by atoms with E-state index in [1.54, 1.807) is 14.0 Å². The molecule has 0 radical (unpaired) electrons. The van der Waals surface area contributed by atoms with Crippen LogP contribution in [0.15, 0.2) is 18.2 Å². The summed E-state index contributed by atoms with van der Waals surface area (Å²) < 4.78 is 23.8. The molecule has 1 rings (SSSR count). The van der Waals surface area contributed by atoms with Gasteiger partial charge in [0.1, 0.15) is 17.2 Å². The SMILES string of the molecule is COC(C)C(C)(OC)c1cc(O)cc(F)c1. The highest BCUT2D eigenvalue weighted by molar-refractivity contribution is 5.32.